The summed E-state index contributed by atoms with van der Waals surface area (Å²) in [4.78, 5) is 10.6. The number of benzene rings is 1. The molecule has 0 saturated heterocycles. The normalized spacial score (nSPS) is 12.5. The standard InChI is InChI=1S/C13H18O3/c1-9(2)8-11-4-6-12(7-5-11)16-10(3)13(14)15/h4-7,9-10H,8H2,1-3H3,(H,14,15). The number of ether oxygens (including phenoxy) is 1. The third kappa shape index (κ3) is 3.93. The summed E-state index contributed by atoms with van der Waals surface area (Å²) in [6.45, 7) is 5.85. The van der Waals surface area contributed by atoms with Gasteiger partial charge < -0.3 is 9.84 Å². The molecule has 1 N–H and O–H groups in total. The average Bonchev–Trinajstić information content (AvgIpc) is 2.20. The van der Waals surface area contributed by atoms with E-state index in [0.29, 0.717) is 11.7 Å². The molecule has 0 aliphatic carbocycles. The molecule has 0 spiro atoms. The van der Waals surface area contributed by atoms with Gasteiger partial charge in [-0.15, -0.1) is 0 Å². The van der Waals surface area contributed by atoms with E-state index in [1.54, 1.807) is 0 Å². The maximum absolute atomic E-state index is 10.6. The second kappa shape index (κ2) is 5.54. The first-order valence-electron chi connectivity index (χ1n) is 5.47. The highest BCUT2D eigenvalue weighted by atomic mass is 16.5. The summed E-state index contributed by atoms with van der Waals surface area (Å²) in [5, 5.41) is 8.69. The van der Waals surface area contributed by atoms with Crippen LogP contribution in [0, 0.1) is 5.92 Å². The van der Waals surface area contributed by atoms with Gasteiger partial charge in [0.25, 0.3) is 0 Å². The Morgan fingerprint density at radius 1 is 1.25 bits per heavy atom. The van der Waals surface area contributed by atoms with Crippen molar-refractivity contribution in [1.82, 2.24) is 0 Å². The van der Waals surface area contributed by atoms with Crippen LogP contribution in [0.5, 0.6) is 5.75 Å². The van der Waals surface area contributed by atoms with Gasteiger partial charge in [-0.25, -0.2) is 4.79 Å². The molecule has 0 aliphatic rings. The van der Waals surface area contributed by atoms with Crippen LogP contribution in [0.4, 0.5) is 0 Å². The molecule has 0 amide bonds. The van der Waals surface area contributed by atoms with Crippen LogP contribution in [0.15, 0.2) is 24.3 Å². The number of aliphatic carboxylic acids is 1. The van der Waals surface area contributed by atoms with Crippen LogP contribution in [0.1, 0.15) is 26.3 Å². The van der Waals surface area contributed by atoms with E-state index in [0.717, 1.165) is 6.42 Å². The van der Waals surface area contributed by atoms with Crippen molar-refractivity contribution in [3.05, 3.63) is 29.8 Å². The second-order valence-corrected chi connectivity index (χ2v) is 4.34. The van der Waals surface area contributed by atoms with Gasteiger partial charge in [-0.3, -0.25) is 0 Å². The van der Waals surface area contributed by atoms with E-state index in [9.17, 15) is 4.79 Å². The molecular weight excluding hydrogens is 204 g/mol. The molecule has 0 bridgehead atoms. The van der Waals surface area contributed by atoms with Crippen LogP contribution in [0.2, 0.25) is 0 Å². The molecule has 0 heterocycles. The van der Waals surface area contributed by atoms with E-state index in [1.165, 1.54) is 12.5 Å². The Balaban J connectivity index is 2.61. The number of carboxylic acid groups (broad SMARTS) is 1. The monoisotopic (exact) mass is 222 g/mol. The number of hydrogen-bond acceptors (Lipinski definition) is 2. The minimum atomic E-state index is -0.953. The maximum atomic E-state index is 10.6. The molecule has 1 aromatic carbocycles. The molecule has 88 valence electrons. The van der Waals surface area contributed by atoms with Crippen molar-refractivity contribution in [1.29, 1.82) is 0 Å². The Labute approximate surface area is 96.1 Å². The summed E-state index contributed by atoms with van der Waals surface area (Å²) in [5.74, 6) is 0.262. The van der Waals surface area contributed by atoms with Crippen LogP contribution in [-0.4, -0.2) is 17.2 Å². The van der Waals surface area contributed by atoms with Gasteiger partial charge in [0.15, 0.2) is 6.10 Å². The zero-order valence-electron chi connectivity index (χ0n) is 9.93. The Kier molecular flexibility index (Phi) is 4.35. The lowest BCUT2D eigenvalue weighted by atomic mass is 10.0. The van der Waals surface area contributed by atoms with Crippen molar-refractivity contribution in [2.24, 2.45) is 5.92 Å². The first kappa shape index (κ1) is 12.6. The Hall–Kier alpha value is -1.51. The molecule has 3 nitrogen and oxygen atoms in total. The predicted molar refractivity (Wildman–Crippen MR) is 62.7 cm³/mol. The van der Waals surface area contributed by atoms with E-state index in [-0.39, 0.29) is 0 Å². The van der Waals surface area contributed by atoms with E-state index >= 15 is 0 Å². The number of rotatable bonds is 5. The van der Waals surface area contributed by atoms with E-state index in [4.69, 9.17) is 9.84 Å². The van der Waals surface area contributed by atoms with Crippen LogP contribution < -0.4 is 4.74 Å². The number of hydrogen-bond donors (Lipinski definition) is 1. The largest absolute Gasteiger partial charge is 0.479 e. The van der Waals surface area contributed by atoms with Crippen molar-refractivity contribution in [3.8, 4) is 5.75 Å². The molecule has 0 aliphatic heterocycles. The molecular formula is C13H18O3. The average molecular weight is 222 g/mol. The molecule has 0 saturated carbocycles. The minimum Gasteiger partial charge on any atom is -0.479 e. The van der Waals surface area contributed by atoms with Crippen LogP contribution in [0.25, 0.3) is 0 Å². The summed E-state index contributed by atoms with van der Waals surface area (Å²) < 4.78 is 5.24. The van der Waals surface area contributed by atoms with Gasteiger partial charge in [0.05, 0.1) is 0 Å². The lowest BCUT2D eigenvalue weighted by molar-refractivity contribution is -0.144. The van der Waals surface area contributed by atoms with Gasteiger partial charge in [0, 0.05) is 0 Å². The third-order valence-corrected chi connectivity index (χ3v) is 2.23. The number of carbonyl (C=O) groups is 1. The smallest absolute Gasteiger partial charge is 0.344 e. The van der Waals surface area contributed by atoms with E-state index in [2.05, 4.69) is 13.8 Å². The third-order valence-electron chi connectivity index (χ3n) is 2.23. The van der Waals surface area contributed by atoms with Crippen LogP contribution >= 0.6 is 0 Å². The predicted octanol–water partition coefficient (Wildman–Crippen LogP) is 2.74. The summed E-state index contributed by atoms with van der Waals surface area (Å²) in [7, 11) is 0. The van der Waals surface area contributed by atoms with Crippen LogP contribution in [-0.2, 0) is 11.2 Å². The fourth-order valence-electron chi connectivity index (χ4n) is 1.43. The quantitative estimate of drug-likeness (QED) is 0.833. The number of carboxylic acids is 1. The van der Waals surface area contributed by atoms with Gasteiger partial charge in [-0.1, -0.05) is 26.0 Å². The Morgan fingerprint density at radius 2 is 1.81 bits per heavy atom. The molecule has 1 aromatic rings. The van der Waals surface area contributed by atoms with Gasteiger partial charge in [-0.2, -0.15) is 0 Å². The Bertz CT molecular complexity index is 341. The summed E-state index contributed by atoms with van der Waals surface area (Å²) in [6.07, 6.45) is 0.213. The molecule has 1 atom stereocenters. The second-order valence-electron chi connectivity index (χ2n) is 4.34. The van der Waals surface area contributed by atoms with Crippen molar-refractivity contribution < 1.29 is 14.6 Å². The Morgan fingerprint density at radius 3 is 2.25 bits per heavy atom. The topological polar surface area (TPSA) is 46.5 Å². The summed E-state index contributed by atoms with van der Waals surface area (Å²) >= 11 is 0. The van der Waals surface area contributed by atoms with Gasteiger partial charge in [0.2, 0.25) is 0 Å². The van der Waals surface area contributed by atoms with Crippen molar-refractivity contribution in [3.63, 3.8) is 0 Å². The van der Waals surface area contributed by atoms with Crippen molar-refractivity contribution >= 4 is 5.97 Å². The maximum Gasteiger partial charge on any atom is 0.344 e. The first-order valence-corrected chi connectivity index (χ1v) is 5.47. The summed E-state index contributed by atoms with van der Waals surface area (Å²) in [5.41, 5.74) is 1.24. The fourth-order valence-corrected chi connectivity index (χ4v) is 1.43. The lowest BCUT2D eigenvalue weighted by Gasteiger charge is -2.11. The van der Waals surface area contributed by atoms with E-state index < -0.39 is 12.1 Å². The fraction of sp³-hybridized carbons (Fsp3) is 0.462. The molecule has 0 radical (unpaired) electrons. The minimum absolute atomic E-state index is 0.599. The van der Waals surface area contributed by atoms with Crippen molar-refractivity contribution in [2.45, 2.75) is 33.3 Å². The SMILES string of the molecule is CC(C)Cc1ccc(OC(C)C(=O)O)cc1. The molecule has 0 fully saturated rings. The van der Waals surface area contributed by atoms with Gasteiger partial charge in [-0.05, 0) is 37.0 Å². The van der Waals surface area contributed by atoms with Gasteiger partial charge in [0.1, 0.15) is 5.75 Å². The highest BCUT2D eigenvalue weighted by Crippen LogP contribution is 2.16. The highest BCUT2D eigenvalue weighted by Gasteiger charge is 2.11. The molecule has 1 rings (SSSR count). The van der Waals surface area contributed by atoms with E-state index in [1.807, 2.05) is 24.3 Å². The first-order chi connectivity index (χ1) is 7.49. The summed E-state index contributed by atoms with van der Waals surface area (Å²) in [6, 6.07) is 7.59. The lowest BCUT2D eigenvalue weighted by Crippen LogP contribution is -2.22. The molecule has 1 unspecified atom stereocenters. The zero-order valence-corrected chi connectivity index (χ0v) is 9.93. The zero-order chi connectivity index (χ0) is 12.1. The molecule has 0 aromatic heterocycles. The van der Waals surface area contributed by atoms with Crippen LogP contribution in [0.3, 0.4) is 0 Å². The molecule has 16 heavy (non-hydrogen) atoms. The molecule has 3 heteroatoms. The highest BCUT2D eigenvalue weighted by molar-refractivity contribution is 5.72. The van der Waals surface area contributed by atoms with Gasteiger partial charge >= 0.3 is 5.97 Å². The van der Waals surface area contributed by atoms with Crippen molar-refractivity contribution in [2.75, 3.05) is 0 Å².